The van der Waals surface area contributed by atoms with Crippen LogP contribution in [-0.2, 0) is 13.0 Å². The number of halogens is 1. The van der Waals surface area contributed by atoms with E-state index in [2.05, 4.69) is 10.3 Å². The number of pyridine rings is 1. The zero-order valence-electron chi connectivity index (χ0n) is 13.6. The lowest BCUT2D eigenvalue weighted by Gasteiger charge is -2.11. The van der Waals surface area contributed by atoms with Gasteiger partial charge in [0.05, 0.1) is 0 Å². The molecule has 1 aromatic carbocycles. The van der Waals surface area contributed by atoms with Gasteiger partial charge in [-0.25, -0.2) is 4.39 Å². The molecule has 0 atom stereocenters. The summed E-state index contributed by atoms with van der Waals surface area (Å²) in [6.45, 7) is 5.74. The van der Waals surface area contributed by atoms with Gasteiger partial charge in [-0.2, -0.15) is 0 Å². The number of H-pyrrole nitrogens is 1. The standard InChI is InChI=1S/C18H21FN2O2/c1-4-5-13-8-12(3)21-18(23)16(13)10-20-17(22)15-9-14(19)7-6-11(15)2/h6-9H,4-5,10H2,1-3H3,(H,20,22)(H,21,23). The third-order valence-electron chi connectivity index (χ3n) is 3.75. The van der Waals surface area contributed by atoms with Crippen molar-refractivity contribution in [1.82, 2.24) is 10.3 Å². The van der Waals surface area contributed by atoms with Crippen LogP contribution >= 0.6 is 0 Å². The number of nitrogens with one attached hydrogen (secondary N) is 2. The molecule has 0 spiro atoms. The predicted molar refractivity (Wildman–Crippen MR) is 88.1 cm³/mol. The van der Waals surface area contributed by atoms with Crippen molar-refractivity contribution in [3.05, 3.63) is 68.4 Å². The minimum Gasteiger partial charge on any atom is -0.348 e. The van der Waals surface area contributed by atoms with Gasteiger partial charge in [-0.1, -0.05) is 19.4 Å². The van der Waals surface area contributed by atoms with Gasteiger partial charge in [0.15, 0.2) is 0 Å². The summed E-state index contributed by atoms with van der Waals surface area (Å²) in [5, 5.41) is 2.72. The smallest absolute Gasteiger partial charge is 0.253 e. The van der Waals surface area contributed by atoms with Gasteiger partial charge in [-0.05, 0) is 49.6 Å². The Balaban J connectivity index is 2.22. The molecule has 0 unspecified atom stereocenters. The number of carbonyl (C=O) groups excluding carboxylic acids is 1. The summed E-state index contributed by atoms with van der Waals surface area (Å²) in [5.41, 5.74) is 3.07. The maximum absolute atomic E-state index is 13.3. The molecule has 0 radical (unpaired) electrons. The quantitative estimate of drug-likeness (QED) is 0.890. The number of benzene rings is 1. The molecule has 0 fully saturated rings. The van der Waals surface area contributed by atoms with Gasteiger partial charge in [0.25, 0.3) is 11.5 Å². The van der Waals surface area contributed by atoms with Crippen molar-refractivity contribution in [3.63, 3.8) is 0 Å². The van der Waals surface area contributed by atoms with E-state index >= 15 is 0 Å². The van der Waals surface area contributed by atoms with Crippen LogP contribution in [0.4, 0.5) is 4.39 Å². The van der Waals surface area contributed by atoms with Crippen molar-refractivity contribution in [2.75, 3.05) is 0 Å². The summed E-state index contributed by atoms with van der Waals surface area (Å²) in [6.07, 6.45) is 1.68. The fourth-order valence-electron chi connectivity index (χ4n) is 2.57. The highest BCUT2D eigenvalue weighted by molar-refractivity contribution is 5.95. The maximum Gasteiger partial charge on any atom is 0.253 e. The lowest BCUT2D eigenvalue weighted by atomic mass is 10.0. The molecule has 122 valence electrons. The molecule has 2 rings (SSSR count). The van der Waals surface area contributed by atoms with Crippen LogP contribution in [0, 0.1) is 19.7 Å². The van der Waals surface area contributed by atoms with Crippen molar-refractivity contribution >= 4 is 5.91 Å². The van der Waals surface area contributed by atoms with Crippen molar-refractivity contribution in [3.8, 4) is 0 Å². The highest BCUT2D eigenvalue weighted by Gasteiger charge is 2.13. The number of aromatic nitrogens is 1. The van der Waals surface area contributed by atoms with E-state index in [0.29, 0.717) is 11.1 Å². The second-order valence-electron chi connectivity index (χ2n) is 5.68. The molecule has 1 aromatic heterocycles. The van der Waals surface area contributed by atoms with Crippen LogP contribution in [0.5, 0.6) is 0 Å². The van der Waals surface area contributed by atoms with Crippen LogP contribution in [0.15, 0.2) is 29.1 Å². The van der Waals surface area contributed by atoms with Crippen LogP contribution in [0.2, 0.25) is 0 Å². The molecule has 0 aliphatic rings. The van der Waals surface area contributed by atoms with Crippen molar-refractivity contribution in [1.29, 1.82) is 0 Å². The molecule has 0 aliphatic heterocycles. The molecule has 23 heavy (non-hydrogen) atoms. The molecule has 1 heterocycles. The Morgan fingerprint density at radius 1 is 1.26 bits per heavy atom. The average molecular weight is 316 g/mol. The summed E-state index contributed by atoms with van der Waals surface area (Å²) < 4.78 is 13.3. The second-order valence-corrected chi connectivity index (χ2v) is 5.68. The Kier molecular flexibility index (Phi) is 5.32. The van der Waals surface area contributed by atoms with Crippen LogP contribution in [-0.4, -0.2) is 10.9 Å². The summed E-state index contributed by atoms with van der Waals surface area (Å²) in [6, 6.07) is 6.01. The first kappa shape index (κ1) is 16.9. The molecule has 0 bridgehead atoms. The molecule has 5 heteroatoms. The predicted octanol–water partition coefficient (Wildman–Crippen LogP) is 3.01. The number of hydrogen-bond acceptors (Lipinski definition) is 2. The van der Waals surface area contributed by atoms with E-state index in [9.17, 15) is 14.0 Å². The molecule has 2 aromatic rings. The molecule has 1 amide bonds. The second kappa shape index (κ2) is 7.22. The highest BCUT2D eigenvalue weighted by atomic mass is 19.1. The van der Waals surface area contributed by atoms with E-state index in [1.165, 1.54) is 12.1 Å². The highest BCUT2D eigenvalue weighted by Crippen LogP contribution is 2.12. The minimum absolute atomic E-state index is 0.125. The summed E-state index contributed by atoms with van der Waals surface area (Å²) in [5.74, 6) is -0.843. The summed E-state index contributed by atoms with van der Waals surface area (Å²) in [7, 11) is 0. The molecule has 4 nitrogen and oxygen atoms in total. The monoisotopic (exact) mass is 316 g/mol. The Labute approximate surface area is 134 Å². The van der Waals surface area contributed by atoms with Gasteiger partial charge in [0.2, 0.25) is 0 Å². The van der Waals surface area contributed by atoms with Crippen LogP contribution in [0.1, 0.15) is 46.1 Å². The van der Waals surface area contributed by atoms with Gasteiger partial charge in [-0.15, -0.1) is 0 Å². The Morgan fingerprint density at radius 2 is 2.00 bits per heavy atom. The van der Waals surface area contributed by atoms with E-state index in [-0.39, 0.29) is 23.6 Å². The Morgan fingerprint density at radius 3 is 2.70 bits per heavy atom. The zero-order chi connectivity index (χ0) is 17.0. The maximum atomic E-state index is 13.3. The first-order valence-electron chi connectivity index (χ1n) is 7.68. The molecular weight excluding hydrogens is 295 g/mol. The number of carbonyl (C=O) groups is 1. The minimum atomic E-state index is -0.458. The van der Waals surface area contributed by atoms with Crippen molar-refractivity contribution in [2.45, 2.75) is 40.2 Å². The molecule has 2 N–H and O–H groups in total. The van der Waals surface area contributed by atoms with Crippen LogP contribution < -0.4 is 10.9 Å². The van der Waals surface area contributed by atoms with E-state index < -0.39 is 5.82 Å². The van der Waals surface area contributed by atoms with Gasteiger partial charge >= 0.3 is 0 Å². The largest absolute Gasteiger partial charge is 0.348 e. The summed E-state index contributed by atoms with van der Waals surface area (Å²) >= 11 is 0. The Hall–Kier alpha value is -2.43. The van der Waals surface area contributed by atoms with E-state index in [1.807, 2.05) is 19.9 Å². The molecule has 0 aliphatic carbocycles. The van der Waals surface area contributed by atoms with Crippen LogP contribution in [0.3, 0.4) is 0 Å². The molecular formula is C18H21FN2O2. The third kappa shape index (κ3) is 4.06. The van der Waals surface area contributed by atoms with Gasteiger partial charge < -0.3 is 10.3 Å². The number of aryl methyl sites for hydroxylation is 3. The number of amides is 1. The first-order chi connectivity index (χ1) is 10.9. The van der Waals surface area contributed by atoms with E-state index in [4.69, 9.17) is 0 Å². The van der Waals surface area contributed by atoms with E-state index in [1.54, 1.807) is 13.0 Å². The topological polar surface area (TPSA) is 62.0 Å². The first-order valence-corrected chi connectivity index (χ1v) is 7.68. The molecule has 0 saturated heterocycles. The number of rotatable bonds is 5. The zero-order valence-corrected chi connectivity index (χ0v) is 13.6. The SMILES string of the molecule is CCCc1cc(C)[nH]c(=O)c1CNC(=O)c1cc(F)ccc1C. The molecule has 0 saturated carbocycles. The third-order valence-corrected chi connectivity index (χ3v) is 3.75. The van der Waals surface area contributed by atoms with Crippen molar-refractivity contribution < 1.29 is 9.18 Å². The van der Waals surface area contributed by atoms with Crippen molar-refractivity contribution in [2.24, 2.45) is 0 Å². The lowest BCUT2D eigenvalue weighted by Crippen LogP contribution is -2.29. The van der Waals surface area contributed by atoms with Gasteiger partial charge in [-0.3, -0.25) is 9.59 Å². The fourth-order valence-corrected chi connectivity index (χ4v) is 2.57. The normalized spacial score (nSPS) is 10.6. The Bertz CT molecular complexity index is 781. The number of hydrogen-bond donors (Lipinski definition) is 2. The van der Waals surface area contributed by atoms with Gasteiger partial charge in [0.1, 0.15) is 5.82 Å². The van der Waals surface area contributed by atoms with Crippen LogP contribution in [0.25, 0.3) is 0 Å². The lowest BCUT2D eigenvalue weighted by molar-refractivity contribution is 0.0949. The fraction of sp³-hybridized carbons (Fsp3) is 0.333. The average Bonchev–Trinajstić information content (AvgIpc) is 2.48. The summed E-state index contributed by atoms with van der Waals surface area (Å²) in [4.78, 5) is 27.1. The number of aromatic amines is 1. The van der Waals surface area contributed by atoms with E-state index in [0.717, 1.165) is 24.1 Å². The van der Waals surface area contributed by atoms with Gasteiger partial charge in [0, 0.05) is 23.4 Å².